The highest BCUT2D eigenvalue weighted by atomic mass is 16.1. The van der Waals surface area contributed by atoms with Gasteiger partial charge in [0.05, 0.1) is 5.39 Å². The first-order valence-corrected chi connectivity index (χ1v) is 6.18. The van der Waals surface area contributed by atoms with E-state index in [-0.39, 0.29) is 5.78 Å². The van der Waals surface area contributed by atoms with E-state index in [1.807, 2.05) is 24.3 Å². The van der Waals surface area contributed by atoms with Crippen molar-refractivity contribution in [2.45, 2.75) is 6.92 Å². The van der Waals surface area contributed by atoms with Gasteiger partial charge >= 0.3 is 0 Å². The van der Waals surface area contributed by atoms with Crippen molar-refractivity contribution in [3.8, 4) is 0 Å². The fourth-order valence-electron chi connectivity index (χ4n) is 1.95. The number of anilines is 2. The van der Waals surface area contributed by atoms with Crippen LogP contribution in [0.15, 0.2) is 48.9 Å². The van der Waals surface area contributed by atoms with Gasteiger partial charge in [0.1, 0.15) is 12.1 Å². The van der Waals surface area contributed by atoms with Gasteiger partial charge in [-0.3, -0.25) is 4.79 Å². The number of nitrogens with one attached hydrogen (secondary N) is 1. The van der Waals surface area contributed by atoms with Crippen LogP contribution in [0, 0.1) is 0 Å². The molecule has 0 bridgehead atoms. The Hall–Kier alpha value is -2.82. The van der Waals surface area contributed by atoms with E-state index in [2.05, 4.69) is 20.3 Å². The minimum Gasteiger partial charge on any atom is -0.340 e. The first kappa shape index (κ1) is 12.2. The Kier molecular flexibility index (Phi) is 3.09. The van der Waals surface area contributed by atoms with Crippen molar-refractivity contribution in [3.05, 3.63) is 54.5 Å². The fourth-order valence-corrected chi connectivity index (χ4v) is 1.95. The van der Waals surface area contributed by atoms with Gasteiger partial charge in [-0.1, -0.05) is 12.1 Å². The molecule has 2 aromatic heterocycles. The maximum atomic E-state index is 11.4. The summed E-state index contributed by atoms with van der Waals surface area (Å²) in [5, 5.41) is 4.04. The molecule has 0 fully saturated rings. The summed E-state index contributed by atoms with van der Waals surface area (Å²) < 4.78 is 0. The van der Waals surface area contributed by atoms with Gasteiger partial charge in [-0.15, -0.1) is 0 Å². The lowest BCUT2D eigenvalue weighted by atomic mass is 10.1. The number of carbonyl (C=O) groups excluding carboxylic acids is 1. The summed E-state index contributed by atoms with van der Waals surface area (Å²) in [6, 6.07) is 11.0. The van der Waals surface area contributed by atoms with Crippen molar-refractivity contribution in [1.29, 1.82) is 0 Å². The zero-order valence-electron chi connectivity index (χ0n) is 10.9. The van der Waals surface area contributed by atoms with Crippen LogP contribution in [0.25, 0.3) is 11.0 Å². The molecule has 0 saturated heterocycles. The highest BCUT2D eigenvalue weighted by Crippen LogP contribution is 2.22. The second kappa shape index (κ2) is 5.05. The van der Waals surface area contributed by atoms with E-state index in [9.17, 15) is 4.79 Å². The average Bonchev–Trinajstić information content (AvgIpc) is 2.48. The largest absolute Gasteiger partial charge is 0.340 e. The molecule has 98 valence electrons. The van der Waals surface area contributed by atoms with Gasteiger partial charge in [-0.25, -0.2) is 15.0 Å². The van der Waals surface area contributed by atoms with Crippen LogP contribution < -0.4 is 5.32 Å². The fraction of sp³-hybridized carbons (Fsp3) is 0.0667. The molecule has 0 aliphatic heterocycles. The van der Waals surface area contributed by atoms with E-state index in [0.29, 0.717) is 17.0 Å². The Labute approximate surface area is 115 Å². The predicted octanol–water partition coefficient (Wildman–Crippen LogP) is 2.97. The quantitative estimate of drug-likeness (QED) is 0.736. The molecule has 1 N–H and O–H groups in total. The number of hydrogen-bond acceptors (Lipinski definition) is 5. The van der Waals surface area contributed by atoms with Gasteiger partial charge in [0.2, 0.25) is 0 Å². The lowest BCUT2D eigenvalue weighted by Gasteiger charge is -2.08. The zero-order chi connectivity index (χ0) is 13.9. The van der Waals surface area contributed by atoms with Crippen molar-refractivity contribution in [3.63, 3.8) is 0 Å². The number of aromatic nitrogens is 3. The summed E-state index contributed by atoms with van der Waals surface area (Å²) in [6.45, 7) is 1.54. The minimum absolute atomic E-state index is 0.0304. The number of ketones is 1. The molecule has 2 heterocycles. The molecule has 3 aromatic rings. The minimum atomic E-state index is 0.0304. The average molecular weight is 264 g/mol. The summed E-state index contributed by atoms with van der Waals surface area (Å²) in [5.41, 5.74) is 2.10. The van der Waals surface area contributed by atoms with Gasteiger partial charge in [-0.2, -0.15) is 0 Å². The molecule has 0 unspecified atom stereocenters. The Morgan fingerprint density at radius 1 is 1.10 bits per heavy atom. The molecule has 0 aliphatic rings. The van der Waals surface area contributed by atoms with Gasteiger partial charge in [-0.05, 0) is 31.2 Å². The van der Waals surface area contributed by atoms with Crippen LogP contribution >= 0.6 is 0 Å². The van der Waals surface area contributed by atoms with Crippen LogP contribution in [0.4, 0.5) is 11.5 Å². The Bertz CT molecular complexity index is 780. The molecule has 1 aromatic carbocycles. The first-order valence-electron chi connectivity index (χ1n) is 6.18. The third kappa shape index (κ3) is 2.33. The number of fused-ring (bicyclic) bond motifs is 1. The van der Waals surface area contributed by atoms with Crippen molar-refractivity contribution < 1.29 is 4.79 Å². The number of Topliss-reactive ketones (excluding diaryl/α,β-unsaturated/α-hetero) is 1. The molecular formula is C15H12N4O. The van der Waals surface area contributed by atoms with E-state index in [0.717, 1.165) is 11.1 Å². The number of pyridine rings is 1. The second-order valence-electron chi connectivity index (χ2n) is 4.36. The van der Waals surface area contributed by atoms with Gasteiger partial charge in [0.15, 0.2) is 11.4 Å². The first-order chi connectivity index (χ1) is 9.74. The number of hydrogen-bond donors (Lipinski definition) is 1. The SMILES string of the molecule is CC(=O)c1cccc(Nc2ncnc3ncccc23)c1. The molecular weight excluding hydrogens is 252 g/mol. The van der Waals surface area contributed by atoms with Crippen LogP contribution in [0.1, 0.15) is 17.3 Å². The smallest absolute Gasteiger partial charge is 0.164 e. The standard InChI is InChI=1S/C15H12N4O/c1-10(20)11-4-2-5-12(8-11)19-15-13-6-3-7-16-14(13)17-9-18-15/h2-9H,1H3,(H,16,17,18,19). The molecule has 5 nitrogen and oxygen atoms in total. The van der Waals surface area contributed by atoms with Crippen LogP contribution in [0.3, 0.4) is 0 Å². The van der Waals surface area contributed by atoms with E-state index >= 15 is 0 Å². The molecule has 0 radical (unpaired) electrons. The highest BCUT2D eigenvalue weighted by molar-refractivity contribution is 5.95. The molecule has 5 heteroatoms. The van der Waals surface area contributed by atoms with Crippen molar-refractivity contribution >= 4 is 28.3 Å². The van der Waals surface area contributed by atoms with Gasteiger partial charge in [0, 0.05) is 17.4 Å². The maximum absolute atomic E-state index is 11.4. The lowest BCUT2D eigenvalue weighted by molar-refractivity contribution is 0.101. The molecule has 0 aliphatic carbocycles. The number of rotatable bonds is 3. The number of nitrogens with zero attached hydrogens (tertiary/aromatic N) is 3. The van der Waals surface area contributed by atoms with E-state index in [4.69, 9.17) is 0 Å². The summed E-state index contributed by atoms with van der Waals surface area (Å²) in [5.74, 6) is 0.701. The van der Waals surface area contributed by atoms with Crippen molar-refractivity contribution in [2.24, 2.45) is 0 Å². The molecule has 0 spiro atoms. The third-order valence-electron chi connectivity index (χ3n) is 2.94. The van der Waals surface area contributed by atoms with Crippen LogP contribution in [-0.2, 0) is 0 Å². The molecule has 20 heavy (non-hydrogen) atoms. The predicted molar refractivity (Wildman–Crippen MR) is 77.1 cm³/mol. The topological polar surface area (TPSA) is 67.8 Å². The van der Waals surface area contributed by atoms with Gasteiger partial charge in [0.25, 0.3) is 0 Å². The molecule has 3 rings (SSSR count). The van der Waals surface area contributed by atoms with E-state index in [1.165, 1.54) is 6.33 Å². The third-order valence-corrected chi connectivity index (χ3v) is 2.94. The second-order valence-corrected chi connectivity index (χ2v) is 4.36. The number of benzene rings is 1. The zero-order valence-corrected chi connectivity index (χ0v) is 10.9. The monoisotopic (exact) mass is 264 g/mol. The Morgan fingerprint density at radius 3 is 2.85 bits per heavy atom. The van der Waals surface area contributed by atoms with Crippen molar-refractivity contribution in [1.82, 2.24) is 15.0 Å². The van der Waals surface area contributed by atoms with Crippen LogP contribution in [0.5, 0.6) is 0 Å². The van der Waals surface area contributed by atoms with E-state index < -0.39 is 0 Å². The van der Waals surface area contributed by atoms with Crippen molar-refractivity contribution in [2.75, 3.05) is 5.32 Å². The Balaban J connectivity index is 2.01. The molecule has 0 saturated carbocycles. The Morgan fingerprint density at radius 2 is 2.00 bits per heavy atom. The number of carbonyl (C=O) groups is 1. The lowest BCUT2D eigenvalue weighted by Crippen LogP contribution is -1.98. The summed E-state index contributed by atoms with van der Waals surface area (Å²) in [4.78, 5) is 23.9. The summed E-state index contributed by atoms with van der Waals surface area (Å²) >= 11 is 0. The highest BCUT2D eigenvalue weighted by Gasteiger charge is 2.05. The van der Waals surface area contributed by atoms with Crippen LogP contribution in [-0.4, -0.2) is 20.7 Å². The van der Waals surface area contributed by atoms with Crippen LogP contribution in [0.2, 0.25) is 0 Å². The maximum Gasteiger partial charge on any atom is 0.164 e. The summed E-state index contributed by atoms with van der Waals surface area (Å²) in [7, 11) is 0. The summed E-state index contributed by atoms with van der Waals surface area (Å²) in [6.07, 6.45) is 3.15. The van der Waals surface area contributed by atoms with E-state index in [1.54, 1.807) is 25.3 Å². The molecule has 0 amide bonds. The van der Waals surface area contributed by atoms with Gasteiger partial charge < -0.3 is 5.32 Å². The molecule has 0 atom stereocenters. The normalized spacial score (nSPS) is 10.4.